The van der Waals surface area contributed by atoms with Crippen molar-refractivity contribution in [1.29, 1.82) is 0 Å². The van der Waals surface area contributed by atoms with Crippen molar-refractivity contribution >= 4 is 17.7 Å². The van der Waals surface area contributed by atoms with Gasteiger partial charge in [0, 0.05) is 31.9 Å². The van der Waals surface area contributed by atoms with Crippen molar-refractivity contribution in [2.45, 2.75) is 12.5 Å². The average Bonchev–Trinajstić information content (AvgIpc) is 2.87. The maximum Gasteiger partial charge on any atom is 0.257 e. The number of para-hydroxylation sites is 1. The molecule has 1 aromatic carbocycles. The van der Waals surface area contributed by atoms with Crippen molar-refractivity contribution in [3.05, 3.63) is 29.8 Å². The molecule has 2 fully saturated rings. The Morgan fingerprint density at radius 3 is 2.88 bits per heavy atom. The minimum atomic E-state index is 0.0909. The zero-order chi connectivity index (χ0) is 16.8. The van der Waals surface area contributed by atoms with Gasteiger partial charge in [-0.25, -0.2) is 0 Å². The lowest BCUT2D eigenvalue weighted by Gasteiger charge is -2.35. The second kappa shape index (κ2) is 8.74. The minimum absolute atomic E-state index is 0.0909. The molecule has 6 heteroatoms. The minimum Gasteiger partial charge on any atom is -0.496 e. The molecule has 1 aromatic rings. The third-order valence-electron chi connectivity index (χ3n) is 4.61. The van der Waals surface area contributed by atoms with Gasteiger partial charge in [0.2, 0.25) is 0 Å². The molecule has 24 heavy (non-hydrogen) atoms. The van der Waals surface area contributed by atoms with Gasteiger partial charge in [-0.2, -0.15) is 11.8 Å². The quantitative estimate of drug-likeness (QED) is 0.831. The highest BCUT2D eigenvalue weighted by Gasteiger charge is 2.29. The van der Waals surface area contributed by atoms with E-state index in [1.54, 1.807) is 7.11 Å². The first-order valence-corrected chi connectivity index (χ1v) is 9.77. The first-order chi connectivity index (χ1) is 11.8. The third-order valence-corrected chi connectivity index (χ3v) is 5.81. The summed E-state index contributed by atoms with van der Waals surface area (Å²) >= 11 is 1.96. The average molecular weight is 350 g/mol. The maximum absolute atomic E-state index is 13.2. The number of thioether (sulfide) groups is 1. The number of methoxy groups -OCH3 is 1. The molecule has 0 aromatic heterocycles. The molecular weight excluding hydrogens is 324 g/mol. The van der Waals surface area contributed by atoms with Gasteiger partial charge >= 0.3 is 0 Å². The molecule has 0 radical (unpaired) electrons. The van der Waals surface area contributed by atoms with Crippen LogP contribution in [-0.4, -0.2) is 79.8 Å². The fourth-order valence-corrected chi connectivity index (χ4v) is 4.36. The SMILES string of the molecule is COc1ccccc1C(=O)N1CCCSCC1CN1CCOCC1. The van der Waals surface area contributed by atoms with E-state index in [4.69, 9.17) is 9.47 Å². The Bertz CT molecular complexity index is 549. The number of hydrogen-bond acceptors (Lipinski definition) is 5. The third kappa shape index (κ3) is 4.23. The van der Waals surface area contributed by atoms with E-state index in [0.29, 0.717) is 11.3 Å². The molecule has 2 aliphatic rings. The smallest absolute Gasteiger partial charge is 0.257 e. The van der Waals surface area contributed by atoms with Crippen molar-refractivity contribution in [1.82, 2.24) is 9.80 Å². The first kappa shape index (κ1) is 17.6. The molecule has 132 valence electrons. The monoisotopic (exact) mass is 350 g/mol. The van der Waals surface area contributed by atoms with Gasteiger partial charge in [-0.3, -0.25) is 9.69 Å². The normalized spacial score (nSPS) is 22.9. The van der Waals surface area contributed by atoms with Crippen LogP contribution in [0.5, 0.6) is 5.75 Å². The number of hydrogen-bond donors (Lipinski definition) is 0. The lowest BCUT2D eigenvalue weighted by Crippen LogP contribution is -2.50. The molecule has 1 atom stereocenters. The van der Waals surface area contributed by atoms with Crippen LogP contribution in [-0.2, 0) is 4.74 Å². The van der Waals surface area contributed by atoms with Crippen molar-refractivity contribution < 1.29 is 14.3 Å². The van der Waals surface area contributed by atoms with Gasteiger partial charge in [-0.1, -0.05) is 12.1 Å². The largest absolute Gasteiger partial charge is 0.496 e. The van der Waals surface area contributed by atoms with E-state index in [9.17, 15) is 4.79 Å². The first-order valence-electron chi connectivity index (χ1n) is 8.61. The van der Waals surface area contributed by atoms with Crippen LogP contribution < -0.4 is 4.74 Å². The number of morpholine rings is 1. The molecule has 0 saturated carbocycles. The summed E-state index contributed by atoms with van der Waals surface area (Å²) in [6.07, 6.45) is 1.05. The Kier molecular flexibility index (Phi) is 6.40. The molecule has 5 nitrogen and oxygen atoms in total. The lowest BCUT2D eigenvalue weighted by molar-refractivity contribution is 0.0244. The van der Waals surface area contributed by atoms with Crippen LogP contribution in [0.4, 0.5) is 0 Å². The Hall–Kier alpha value is -1.24. The number of carbonyl (C=O) groups is 1. The standard InChI is InChI=1S/C18H26N2O3S/c1-22-17-6-3-2-5-16(17)18(21)20-7-4-12-24-14-15(20)13-19-8-10-23-11-9-19/h2-3,5-6,15H,4,7-14H2,1H3. The summed E-state index contributed by atoms with van der Waals surface area (Å²) < 4.78 is 10.8. The zero-order valence-corrected chi connectivity index (χ0v) is 15.1. The maximum atomic E-state index is 13.2. The summed E-state index contributed by atoms with van der Waals surface area (Å²) in [5.74, 6) is 2.87. The Morgan fingerprint density at radius 2 is 2.08 bits per heavy atom. The van der Waals surface area contributed by atoms with Gasteiger partial charge < -0.3 is 14.4 Å². The van der Waals surface area contributed by atoms with Gasteiger partial charge in [0.25, 0.3) is 5.91 Å². The summed E-state index contributed by atoms with van der Waals surface area (Å²) in [7, 11) is 1.62. The second-order valence-corrected chi connectivity index (χ2v) is 7.34. The Morgan fingerprint density at radius 1 is 1.29 bits per heavy atom. The highest BCUT2D eigenvalue weighted by Crippen LogP contribution is 2.24. The molecule has 0 bridgehead atoms. The van der Waals surface area contributed by atoms with E-state index in [1.165, 1.54) is 0 Å². The van der Waals surface area contributed by atoms with Crippen molar-refractivity contribution in [2.75, 3.05) is 58.0 Å². The number of benzene rings is 1. The fraction of sp³-hybridized carbons (Fsp3) is 0.611. The van der Waals surface area contributed by atoms with Crippen LogP contribution in [0.2, 0.25) is 0 Å². The Labute approximate surface area is 148 Å². The van der Waals surface area contributed by atoms with E-state index in [2.05, 4.69) is 9.80 Å². The molecular formula is C18H26N2O3S. The van der Waals surface area contributed by atoms with Crippen LogP contribution in [0.1, 0.15) is 16.8 Å². The van der Waals surface area contributed by atoms with Crippen LogP contribution in [0.15, 0.2) is 24.3 Å². The summed E-state index contributed by atoms with van der Waals surface area (Å²) in [4.78, 5) is 17.7. The fourth-order valence-electron chi connectivity index (χ4n) is 3.31. The topological polar surface area (TPSA) is 42.0 Å². The van der Waals surface area contributed by atoms with E-state index in [1.807, 2.05) is 36.0 Å². The van der Waals surface area contributed by atoms with E-state index in [-0.39, 0.29) is 11.9 Å². The molecule has 1 unspecified atom stereocenters. The highest BCUT2D eigenvalue weighted by molar-refractivity contribution is 7.99. The zero-order valence-electron chi connectivity index (χ0n) is 14.3. The Balaban J connectivity index is 1.77. The molecule has 2 heterocycles. The molecule has 0 spiro atoms. The highest BCUT2D eigenvalue weighted by atomic mass is 32.2. The summed E-state index contributed by atoms with van der Waals surface area (Å²) in [5.41, 5.74) is 0.666. The molecule has 2 aliphatic heterocycles. The molecule has 1 amide bonds. The summed E-state index contributed by atoms with van der Waals surface area (Å²) in [6.45, 7) is 5.24. The number of amides is 1. The number of carbonyl (C=O) groups excluding carboxylic acids is 1. The van der Waals surface area contributed by atoms with Gasteiger partial charge in [-0.15, -0.1) is 0 Å². The lowest BCUT2D eigenvalue weighted by atomic mass is 10.1. The van der Waals surface area contributed by atoms with Gasteiger partial charge in [0.05, 0.1) is 31.9 Å². The summed E-state index contributed by atoms with van der Waals surface area (Å²) in [6, 6.07) is 7.77. The van der Waals surface area contributed by atoms with Crippen LogP contribution in [0.3, 0.4) is 0 Å². The van der Waals surface area contributed by atoms with Crippen molar-refractivity contribution in [3.63, 3.8) is 0 Å². The van der Waals surface area contributed by atoms with E-state index in [0.717, 1.165) is 57.3 Å². The van der Waals surface area contributed by atoms with E-state index < -0.39 is 0 Å². The molecule has 3 rings (SSSR count). The van der Waals surface area contributed by atoms with E-state index >= 15 is 0 Å². The van der Waals surface area contributed by atoms with Crippen LogP contribution >= 0.6 is 11.8 Å². The molecule has 2 saturated heterocycles. The number of nitrogens with zero attached hydrogens (tertiary/aromatic N) is 2. The molecule has 0 aliphatic carbocycles. The van der Waals surface area contributed by atoms with Gasteiger partial charge in [0.15, 0.2) is 0 Å². The van der Waals surface area contributed by atoms with Gasteiger partial charge in [0.1, 0.15) is 5.75 Å². The summed E-state index contributed by atoms with van der Waals surface area (Å²) in [5, 5.41) is 0. The van der Waals surface area contributed by atoms with Gasteiger partial charge in [-0.05, 0) is 24.3 Å². The van der Waals surface area contributed by atoms with Crippen LogP contribution in [0.25, 0.3) is 0 Å². The van der Waals surface area contributed by atoms with Crippen LogP contribution in [0, 0.1) is 0 Å². The van der Waals surface area contributed by atoms with Crippen molar-refractivity contribution in [2.24, 2.45) is 0 Å². The second-order valence-electron chi connectivity index (χ2n) is 6.19. The predicted octanol–water partition coefficient (Wildman–Crippen LogP) is 1.98. The predicted molar refractivity (Wildman–Crippen MR) is 97.0 cm³/mol. The number of ether oxygens (including phenoxy) is 2. The molecule has 0 N–H and O–H groups in total. The van der Waals surface area contributed by atoms with Crippen molar-refractivity contribution in [3.8, 4) is 5.75 Å². The number of rotatable bonds is 4.